The molecule has 3 rings (SSSR count). The number of aromatic nitrogens is 2. The highest BCUT2D eigenvalue weighted by molar-refractivity contribution is 5.90. The average Bonchev–Trinajstić information content (AvgIpc) is 2.73. The van der Waals surface area contributed by atoms with Crippen molar-refractivity contribution in [2.75, 3.05) is 18.5 Å². The number of ether oxygens (including phenoxy) is 1. The molecule has 1 heterocycles. The van der Waals surface area contributed by atoms with E-state index in [1.807, 2.05) is 26.0 Å². The summed E-state index contributed by atoms with van der Waals surface area (Å²) in [7, 11) is 0. The van der Waals surface area contributed by atoms with Gasteiger partial charge in [-0.2, -0.15) is 0 Å². The van der Waals surface area contributed by atoms with Crippen molar-refractivity contribution in [3.8, 4) is 5.75 Å². The number of hydrogen-bond acceptors (Lipinski definition) is 5. The molecule has 0 aliphatic carbocycles. The van der Waals surface area contributed by atoms with Crippen molar-refractivity contribution in [3.63, 3.8) is 0 Å². The number of carbonyl (C=O) groups is 2. The van der Waals surface area contributed by atoms with Gasteiger partial charge in [0.05, 0.1) is 17.2 Å². The molecule has 0 saturated heterocycles. The van der Waals surface area contributed by atoms with Crippen LogP contribution >= 0.6 is 0 Å². The third kappa shape index (κ3) is 5.22. The molecule has 0 unspecified atom stereocenters. The molecule has 0 saturated carbocycles. The van der Waals surface area contributed by atoms with Crippen LogP contribution < -0.4 is 20.9 Å². The topological polar surface area (TPSA) is 102 Å². The Morgan fingerprint density at radius 1 is 1.10 bits per heavy atom. The van der Waals surface area contributed by atoms with Crippen molar-refractivity contribution in [1.29, 1.82) is 0 Å². The Kier molecular flexibility index (Phi) is 6.79. The Morgan fingerprint density at radius 3 is 2.60 bits per heavy atom. The van der Waals surface area contributed by atoms with E-state index < -0.39 is 0 Å². The Balaban J connectivity index is 1.55. The van der Waals surface area contributed by atoms with Gasteiger partial charge < -0.3 is 15.4 Å². The smallest absolute Gasteiger partial charge is 0.261 e. The standard InChI is InChI=1S/C22H24N4O4/c1-3-23-20(28)13-30-17-9-7-16(8-10-17)25-19(27)11-12-26-14-24-21-15(2)5-4-6-18(21)22(26)29/h4-10,14H,3,11-13H2,1-2H3,(H,23,28)(H,25,27). The highest BCUT2D eigenvalue weighted by Crippen LogP contribution is 2.16. The van der Waals surface area contributed by atoms with Crippen molar-refractivity contribution in [2.45, 2.75) is 26.8 Å². The van der Waals surface area contributed by atoms with E-state index in [2.05, 4.69) is 15.6 Å². The number of carbonyl (C=O) groups excluding carboxylic acids is 2. The first-order valence-corrected chi connectivity index (χ1v) is 9.72. The molecule has 8 heteroatoms. The fourth-order valence-electron chi connectivity index (χ4n) is 2.97. The quantitative estimate of drug-likeness (QED) is 0.595. The third-order valence-corrected chi connectivity index (χ3v) is 4.52. The van der Waals surface area contributed by atoms with Gasteiger partial charge in [0.1, 0.15) is 5.75 Å². The molecule has 0 aliphatic heterocycles. The second-order valence-corrected chi connectivity index (χ2v) is 6.78. The molecule has 8 nitrogen and oxygen atoms in total. The van der Waals surface area contributed by atoms with Crippen LogP contribution in [0.15, 0.2) is 53.6 Å². The van der Waals surface area contributed by atoms with Crippen molar-refractivity contribution >= 4 is 28.4 Å². The predicted octanol–water partition coefficient (Wildman–Crippen LogP) is 2.25. The molecule has 1 aromatic heterocycles. The van der Waals surface area contributed by atoms with Gasteiger partial charge >= 0.3 is 0 Å². The number of amides is 2. The van der Waals surface area contributed by atoms with Crippen LogP contribution in [0, 0.1) is 6.92 Å². The van der Waals surface area contributed by atoms with E-state index in [0.29, 0.717) is 28.9 Å². The number of likely N-dealkylation sites (N-methyl/N-ethyl adjacent to an activating group) is 1. The molecule has 0 bridgehead atoms. The number of anilines is 1. The maximum Gasteiger partial charge on any atom is 0.261 e. The number of nitrogens with one attached hydrogen (secondary N) is 2. The number of hydrogen-bond donors (Lipinski definition) is 2. The van der Waals surface area contributed by atoms with Crippen LogP contribution in [0.2, 0.25) is 0 Å². The van der Waals surface area contributed by atoms with Crippen LogP contribution in [0.3, 0.4) is 0 Å². The molecule has 0 atom stereocenters. The molecular formula is C22H24N4O4. The Morgan fingerprint density at radius 2 is 1.87 bits per heavy atom. The molecule has 0 spiro atoms. The maximum absolute atomic E-state index is 12.6. The normalized spacial score (nSPS) is 10.6. The SMILES string of the molecule is CCNC(=O)COc1ccc(NC(=O)CCn2cnc3c(C)cccc3c2=O)cc1. The highest BCUT2D eigenvalue weighted by atomic mass is 16.5. The van der Waals surface area contributed by atoms with Crippen molar-refractivity contribution < 1.29 is 14.3 Å². The van der Waals surface area contributed by atoms with Crippen LogP contribution in [-0.2, 0) is 16.1 Å². The Bertz CT molecular complexity index is 1110. The lowest BCUT2D eigenvalue weighted by Crippen LogP contribution is -2.28. The number of rotatable bonds is 8. The van der Waals surface area contributed by atoms with Crippen molar-refractivity contribution in [2.24, 2.45) is 0 Å². The van der Waals surface area contributed by atoms with Crippen LogP contribution in [0.4, 0.5) is 5.69 Å². The monoisotopic (exact) mass is 408 g/mol. The van der Waals surface area contributed by atoms with Gasteiger partial charge in [-0.25, -0.2) is 4.98 Å². The summed E-state index contributed by atoms with van der Waals surface area (Å²) in [5.41, 5.74) is 2.06. The van der Waals surface area contributed by atoms with Gasteiger partial charge in [-0.1, -0.05) is 12.1 Å². The van der Waals surface area contributed by atoms with E-state index in [1.54, 1.807) is 30.3 Å². The number of aryl methyl sites for hydroxylation is 2. The fraction of sp³-hybridized carbons (Fsp3) is 0.273. The van der Waals surface area contributed by atoms with Gasteiger partial charge in [0.2, 0.25) is 5.91 Å². The molecule has 3 aromatic rings. The highest BCUT2D eigenvalue weighted by Gasteiger charge is 2.08. The van der Waals surface area contributed by atoms with Gasteiger partial charge in [-0.05, 0) is 49.7 Å². The first-order valence-electron chi connectivity index (χ1n) is 9.72. The van der Waals surface area contributed by atoms with E-state index in [9.17, 15) is 14.4 Å². The van der Waals surface area contributed by atoms with Gasteiger partial charge in [0.25, 0.3) is 11.5 Å². The summed E-state index contributed by atoms with van der Waals surface area (Å²) in [6.45, 7) is 4.46. The second-order valence-electron chi connectivity index (χ2n) is 6.78. The number of benzene rings is 2. The summed E-state index contributed by atoms with van der Waals surface area (Å²) in [6, 6.07) is 12.2. The summed E-state index contributed by atoms with van der Waals surface area (Å²) < 4.78 is 6.82. The molecular weight excluding hydrogens is 384 g/mol. The lowest BCUT2D eigenvalue weighted by atomic mass is 10.1. The molecule has 2 aromatic carbocycles. The molecule has 30 heavy (non-hydrogen) atoms. The van der Waals surface area contributed by atoms with E-state index in [1.165, 1.54) is 10.9 Å². The molecule has 2 N–H and O–H groups in total. The Hall–Kier alpha value is -3.68. The minimum absolute atomic E-state index is 0.0619. The summed E-state index contributed by atoms with van der Waals surface area (Å²) in [4.78, 5) is 40.6. The van der Waals surface area contributed by atoms with E-state index in [4.69, 9.17) is 4.74 Å². The summed E-state index contributed by atoms with van der Waals surface area (Å²) >= 11 is 0. The minimum Gasteiger partial charge on any atom is -0.484 e. The third-order valence-electron chi connectivity index (χ3n) is 4.52. The number of para-hydroxylation sites is 1. The van der Waals surface area contributed by atoms with E-state index in [-0.39, 0.29) is 36.9 Å². The molecule has 156 valence electrons. The van der Waals surface area contributed by atoms with E-state index >= 15 is 0 Å². The molecule has 0 radical (unpaired) electrons. The van der Waals surface area contributed by atoms with Gasteiger partial charge in [0.15, 0.2) is 6.61 Å². The zero-order chi connectivity index (χ0) is 21.5. The molecule has 2 amide bonds. The first kappa shape index (κ1) is 21.0. The number of fused-ring (bicyclic) bond motifs is 1. The summed E-state index contributed by atoms with van der Waals surface area (Å²) in [5, 5.41) is 5.97. The van der Waals surface area contributed by atoms with Crippen molar-refractivity contribution in [3.05, 3.63) is 64.7 Å². The lowest BCUT2D eigenvalue weighted by Gasteiger charge is -2.10. The van der Waals surface area contributed by atoms with E-state index in [0.717, 1.165) is 5.56 Å². The van der Waals surface area contributed by atoms with Gasteiger partial charge in [-0.15, -0.1) is 0 Å². The van der Waals surface area contributed by atoms with Crippen LogP contribution in [0.25, 0.3) is 10.9 Å². The van der Waals surface area contributed by atoms with Gasteiger partial charge in [-0.3, -0.25) is 19.0 Å². The first-order chi connectivity index (χ1) is 14.5. The second kappa shape index (κ2) is 9.69. The number of nitrogens with zero attached hydrogens (tertiary/aromatic N) is 2. The van der Waals surface area contributed by atoms with Crippen molar-refractivity contribution in [1.82, 2.24) is 14.9 Å². The summed E-state index contributed by atoms with van der Waals surface area (Å²) in [6.07, 6.45) is 1.61. The van der Waals surface area contributed by atoms with Gasteiger partial charge in [0, 0.05) is 25.2 Å². The van der Waals surface area contributed by atoms with Crippen LogP contribution in [-0.4, -0.2) is 34.5 Å². The average molecular weight is 408 g/mol. The van der Waals surface area contributed by atoms with Crippen LogP contribution in [0.5, 0.6) is 5.75 Å². The zero-order valence-corrected chi connectivity index (χ0v) is 17.0. The lowest BCUT2D eigenvalue weighted by molar-refractivity contribution is -0.123. The largest absolute Gasteiger partial charge is 0.484 e. The maximum atomic E-state index is 12.6. The molecule has 0 fully saturated rings. The minimum atomic E-state index is -0.220. The Labute approximate surface area is 173 Å². The summed E-state index contributed by atoms with van der Waals surface area (Å²) in [5.74, 6) is 0.119. The zero-order valence-electron chi connectivity index (χ0n) is 17.0. The van der Waals surface area contributed by atoms with Crippen LogP contribution in [0.1, 0.15) is 18.9 Å². The predicted molar refractivity (Wildman–Crippen MR) is 115 cm³/mol. The molecule has 0 aliphatic rings. The fourth-order valence-corrected chi connectivity index (χ4v) is 2.97.